The van der Waals surface area contributed by atoms with Crippen molar-refractivity contribution in [3.05, 3.63) is 131 Å². The Balaban J connectivity index is 1.46. The number of aryl methyl sites for hydroxylation is 1. The van der Waals surface area contributed by atoms with E-state index in [1.165, 1.54) is 17.7 Å². The van der Waals surface area contributed by atoms with Gasteiger partial charge in [0, 0.05) is 35.1 Å². The van der Waals surface area contributed by atoms with Gasteiger partial charge in [0.1, 0.15) is 18.2 Å². The fraction of sp³-hybridized carbons (Fsp3) is 0.156. The molecule has 0 fully saturated rings. The van der Waals surface area contributed by atoms with Crippen LogP contribution in [-0.4, -0.2) is 10.9 Å². The highest BCUT2D eigenvalue weighted by Gasteiger charge is 2.23. The topological polar surface area (TPSA) is 54.1 Å². The van der Waals surface area contributed by atoms with Gasteiger partial charge in [0.25, 0.3) is 0 Å². The smallest absolute Gasteiger partial charge is 0.225 e. The molecule has 0 spiro atoms. The zero-order valence-electron chi connectivity index (χ0n) is 20.7. The fourth-order valence-electron chi connectivity index (χ4n) is 4.72. The van der Waals surface area contributed by atoms with Crippen LogP contribution in [-0.2, 0) is 17.8 Å². The van der Waals surface area contributed by atoms with E-state index in [-0.39, 0.29) is 24.1 Å². The number of H-pyrrole nitrogens is 1. The maximum atomic E-state index is 13.3. The minimum absolute atomic E-state index is 0.145. The summed E-state index contributed by atoms with van der Waals surface area (Å²) in [4.78, 5) is 16.6. The van der Waals surface area contributed by atoms with Crippen molar-refractivity contribution in [3.63, 3.8) is 0 Å². The molecule has 186 valence electrons. The second kappa shape index (κ2) is 11.1. The minimum atomic E-state index is -0.339. The summed E-state index contributed by atoms with van der Waals surface area (Å²) in [6.07, 6.45) is 3.15. The number of hydrogen-bond donors (Lipinski definition) is 2. The highest BCUT2D eigenvalue weighted by Crippen LogP contribution is 2.36. The van der Waals surface area contributed by atoms with E-state index in [9.17, 15) is 9.18 Å². The van der Waals surface area contributed by atoms with E-state index in [0.29, 0.717) is 12.3 Å². The van der Waals surface area contributed by atoms with Crippen LogP contribution in [0.15, 0.2) is 103 Å². The summed E-state index contributed by atoms with van der Waals surface area (Å²) in [6, 6.07) is 30.1. The van der Waals surface area contributed by atoms with Crippen molar-refractivity contribution in [2.45, 2.75) is 32.3 Å². The van der Waals surface area contributed by atoms with Crippen LogP contribution in [0.3, 0.4) is 0 Å². The Kier molecular flexibility index (Phi) is 7.31. The predicted octanol–water partition coefficient (Wildman–Crippen LogP) is 7.61. The minimum Gasteiger partial charge on any atom is -0.489 e. The van der Waals surface area contributed by atoms with Gasteiger partial charge in [0.15, 0.2) is 0 Å². The molecule has 4 nitrogen and oxygen atoms in total. The van der Waals surface area contributed by atoms with Gasteiger partial charge in [-0.05, 0) is 65.1 Å². The van der Waals surface area contributed by atoms with Crippen LogP contribution in [0.1, 0.15) is 41.5 Å². The molecule has 1 unspecified atom stereocenters. The maximum absolute atomic E-state index is 13.3. The highest BCUT2D eigenvalue weighted by molar-refractivity contribution is 5.93. The Morgan fingerprint density at radius 1 is 0.946 bits per heavy atom. The van der Waals surface area contributed by atoms with Crippen molar-refractivity contribution in [2.75, 3.05) is 5.32 Å². The second-order valence-electron chi connectivity index (χ2n) is 9.10. The fourth-order valence-corrected chi connectivity index (χ4v) is 4.72. The molecule has 0 saturated carbocycles. The summed E-state index contributed by atoms with van der Waals surface area (Å²) >= 11 is 0. The van der Waals surface area contributed by atoms with Gasteiger partial charge in [0.05, 0.1) is 0 Å². The molecule has 1 amide bonds. The van der Waals surface area contributed by atoms with Gasteiger partial charge in [0.2, 0.25) is 5.91 Å². The zero-order chi connectivity index (χ0) is 25.6. The highest BCUT2D eigenvalue weighted by atomic mass is 19.1. The first-order valence-electron chi connectivity index (χ1n) is 12.5. The normalized spacial score (nSPS) is 11.8. The Labute approximate surface area is 216 Å². The van der Waals surface area contributed by atoms with E-state index < -0.39 is 0 Å². The van der Waals surface area contributed by atoms with Crippen molar-refractivity contribution in [1.82, 2.24) is 4.98 Å². The lowest BCUT2D eigenvalue weighted by Gasteiger charge is -2.19. The van der Waals surface area contributed by atoms with Gasteiger partial charge >= 0.3 is 0 Å². The van der Waals surface area contributed by atoms with Gasteiger partial charge < -0.3 is 15.0 Å². The Morgan fingerprint density at radius 3 is 2.51 bits per heavy atom. The Bertz CT molecular complexity index is 1490. The summed E-state index contributed by atoms with van der Waals surface area (Å²) in [6.45, 7) is 2.60. The molecule has 2 N–H and O–H groups in total. The first-order chi connectivity index (χ1) is 18.1. The summed E-state index contributed by atoms with van der Waals surface area (Å²) in [7, 11) is 0. The van der Waals surface area contributed by atoms with Crippen LogP contribution in [0.4, 0.5) is 10.1 Å². The van der Waals surface area contributed by atoms with Crippen molar-refractivity contribution >= 4 is 22.5 Å². The molecule has 1 atom stereocenters. The van der Waals surface area contributed by atoms with Crippen LogP contribution < -0.4 is 10.1 Å². The van der Waals surface area contributed by atoms with Gasteiger partial charge in [-0.15, -0.1) is 0 Å². The monoisotopic (exact) mass is 492 g/mol. The first-order valence-corrected chi connectivity index (χ1v) is 12.5. The molecule has 0 saturated heterocycles. The largest absolute Gasteiger partial charge is 0.489 e. The molecule has 37 heavy (non-hydrogen) atoms. The third-order valence-electron chi connectivity index (χ3n) is 6.62. The number of nitrogens with one attached hydrogen (secondary N) is 2. The molecule has 5 heteroatoms. The average molecular weight is 493 g/mol. The van der Waals surface area contributed by atoms with Gasteiger partial charge in [-0.3, -0.25) is 4.79 Å². The van der Waals surface area contributed by atoms with E-state index >= 15 is 0 Å². The maximum Gasteiger partial charge on any atom is 0.225 e. The van der Waals surface area contributed by atoms with Gasteiger partial charge in [-0.1, -0.05) is 67.6 Å². The third kappa shape index (κ3) is 5.72. The lowest BCUT2D eigenvalue weighted by Crippen LogP contribution is -2.16. The van der Waals surface area contributed by atoms with Crippen molar-refractivity contribution < 1.29 is 13.9 Å². The number of benzene rings is 4. The SMILES string of the molecule is CCc1cccc2c(C(CC(=O)Nc3ccc(F)cc3)c3cccc(OCc4ccccc4)c3)c[nH]c12. The quantitative estimate of drug-likeness (QED) is 0.222. The number of fused-ring (bicyclic) bond motifs is 1. The van der Waals surface area contributed by atoms with Gasteiger partial charge in [-0.25, -0.2) is 4.39 Å². The van der Waals surface area contributed by atoms with Crippen LogP contribution in [0.25, 0.3) is 10.9 Å². The summed E-state index contributed by atoms with van der Waals surface area (Å²) < 4.78 is 19.4. The molecule has 0 radical (unpaired) electrons. The van der Waals surface area contributed by atoms with Crippen LogP contribution in [0.2, 0.25) is 0 Å². The number of anilines is 1. The molecule has 1 aromatic heterocycles. The van der Waals surface area contributed by atoms with E-state index in [0.717, 1.165) is 39.8 Å². The van der Waals surface area contributed by atoms with Crippen molar-refractivity contribution in [2.24, 2.45) is 0 Å². The standard InChI is InChI=1S/C32H29FN2O2/c1-2-23-10-7-13-28-30(20-34-32(23)28)29(19-31(36)35-26-16-14-25(33)15-17-26)24-11-6-12-27(18-24)37-21-22-8-4-3-5-9-22/h3-18,20,29,34H,2,19,21H2,1H3,(H,35,36). The number of hydrogen-bond acceptors (Lipinski definition) is 2. The lowest BCUT2D eigenvalue weighted by atomic mass is 9.87. The van der Waals surface area contributed by atoms with Gasteiger partial charge in [-0.2, -0.15) is 0 Å². The number of carbonyl (C=O) groups is 1. The van der Waals surface area contributed by atoms with E-state index in [4.69, 9.17) is 4.74 Å². The number of ether oxygens (including phenoxy) is 1. The molecular weight excluding hydrogens is 463 g/mol. The molecule has 0 aliphatic heterocycles. The predicted molar refractivity (Wildman–Crippen MR) is 146 cm³/mol. The van der Waals surface area contributed by atoms with E-state index in [1.54, 1.807) is 12.1 Å². The van der Waals surface area contributed by atoms with Crippen LogP contribution in [0, 0.1) is 5.82 Å². The van der Waals surface area contributed by atoms with Crippen molar-refractivity contribution in [1.29, 1.82) is 0 Å². The molecular formula is C32H29FN2O2. The average Bonchev–Trinajstić information content (AvgIpc) is 3.37. The molecule has 5 rings (SSSR count). The number of aromatic amines is 1. The Morgan fingerprint density at radius 2 is 1.73 bits per heavy atom. The number of amides is 1. The van der Waals surface area contributed by atoms with Crippen LogP contribution in [0.5, 0.6) is 5.75 Å². The molecule has 1 heterocycles. The summed E-state index contributed by atoms with van der Waals surface area (Å²) in [5.74, 6) is 0.0582. The van der Waals surface area contributed by atoms with Crippen molar-refractivity contribution in [3.8, 4) is 5.75 Å². The lowest BCUT2D eigenvalue weighted by molar-refractivity contribution is -0.116. The zero-order valence-corrected chi connectivity index (χ0v) is 20.7. The molecule has 0 aliphatic carbocycles. The number of aromatic nitrogens is 1. The number of para-hydroxylation sites is 1. The summed E-state index contributed by atoms with van der Waals surface area (Å²) in [5, 5.41) is 4.02. The molecule has 5 aromatic rings. The molecule has 0 aliphatic rings. The second-order valence-corrected chi connectivity index (χ2v) is 9.10. The first kappa shape index (κ1) is 24.3. The molecule has 0 bridgehead atoms. The number of halogens is 1. The Hall–Kier alpha value is -4.38. The van der Waals surface area contributed by atoms with E-state index in [1.807, 2.05) is 60.8 Å². The molecule has 4 aromatic carbocycles. The number of rotatable bonds is 9. The summed E-state index contributed by atoms with van der Waals surface area (Å²) in [5.41, 5.74) is 6.03. The third-order valence-corrected chi connectivity index (χ3v) is 6.62. The van der Waals surface area contributed by atoms with Crippen LogP contribution >= 0.6 is 0 Å². The number of carbonyl (C=O) groups excluding carboxylic acids is 1. The van der Waals surface area contributed by atoms with E-state index in [2.05, 4.69) is 35.4 Å².